The lowest BCUT2D eigenvalue weighted by molar-refractivity contribution is 0.109. The lowest BCUT2D eigenvalue weighted by Gasteiger charge is -2.28. The van der Waals surface area contributed by atoms with Gasteiger partial charge in [0.15, 0.2) is 5.82 Å². The fraction of sp³-hybridized carbons (Fsp3) is 0.500. The fourth-order valence-electron chi connectivity index (χ4n) is 4.60. The largest absolute Gasteiger partial charge is 0.447 e. The summed E-state index contributed by atoms with van der Waals surface area (Å²) >= 11 is 1.52. The molecule has 1 saturated carbocycles. The van der Waals surface area contributed by atoms with Gasteiger partial charge in [0.05, 0.1) is 26.6 Å². The molecule has 12 heteroatoms. The summed E-state index contributed by atoms with van der Waals surface area (Å²) < 4.78 is 35.1. The number of thiazole rings is 1. The smallest absolute Gasteiger partial charge is 0.407 e. The maximum Gasteiger partial charge on any atom is 0.407 e. The number of hydrogen-bond acceptors (Lipinski definition) is 9. The molecule has 216 valence electrons. The van der Waals surface area contributed by atoms with Gasteiger partial charge in [-0.3, -0.25) is 0 Å². The van der Waals surface area contributed by atoms with Gasteiger partial charge in [-0.05, 0) is 91.5 Å². The molecule has 0 atom stereocenters. The highest BCUT2D eigenvalue weighted by Gasteiger charge is 2.29. The molecular formula is C28H38N6O4S2. The van der Waals surface area contributed by atoms with Crippen LogP contribution in [0, 0.1) is 6.92 Å². The summed E-state index contributed by atoms with van der Waals surface area (Å²) in [6.45, 7) is 10.9. The molecule has 0 aliphatic heterocycles. The Morgan fingerprint density at radius 1 is 1.07 bits per heavy atom. The van der Waals surface area contributed by atoms with E-state index in [0.29, 0.717) is 17.1 Å². The molecule has 0 unspecified atom stereocenters. The summed E-state index contributed by atoms with van der Waals surface area (Å²) in [5, 5.41) is 15.3. The topological polar surface area (TPSA) is 135 Å². The van der Waals surface area contributed by atoms with Crippen LogP contribution in [0.3, 0.4) is 0 Å². The summed E-state index contributed by atoms with van der Waals surface area (Å²) in [6.07, 6.45) is 4.68. The van der Waals surface area contributed by atoms with Gasteiger partial charge in [0, 0.05) is 34.9 Å². The average Bonchev–Trinajstić information content (AvgIpc) is 3.34. The van der Waals surface area contributed by atoms with Crippen LogP contribution in [0.1, 0.15) is 76.9 Å². The van der Waals surface area contributed by atoms with E-state index in [0.717, 1.165) is 41.3 Å². The van der Waals surface area contributed by atoms with Crippen molar-refractivity contribution in [3.63, 3.8) is 0 Å². The van der Waals surface area contributed by atoms with Crippen LogP contribution < -0.4 is 15.4 Å². The highest BCUT2D eigenvalue weighted by molar-refractivity contribution is 7.89. The summed E-state index contributed by atoms with van der Waals surface area (Å²) in [6, 6.07) is 8.98. The number of rotatable bonds is 8. The summed E-state index contributed by atoms with van der Waals surface area (Å²) in [7, 11) is -3.86. The average molecular weight is 587 g/mol. The van der Waals surface area contributed by atoms with Crippen LogP contribution in [0.5, 0.6) is 0 Å². The molecule has 0 radical (unpaired) electrons. The van der Waals surface area contributed by atoms with E-state index in [2.05, 4.69) is 25.6 Å². The Hall–Kier alpha value is -3.09. The Balaban J connectivity index is 1.56. The second kappa shape index (κ2) is 12.2. The maximum absolute atomic E-state index is 13.6. The molecule has 1 aliphatic carbocycles. The van der Waals surface area contributed by atoms with Crippen molar-refractivity contribution >= 4 is 39.0 Å². The van der Waals surface area contributed by atoms with E-state index in [1.54, 1.807) is 24.4 Å². The first kappa shape index (κ1) is 29.9. The molecule has 2 heterocycles. The number of carbonyl (C=O) groups excluding carboxylic acids is 1. The molecule has 0 spiro atoms. The molecule has 1 aromatic carbocycles. The van der Waals surface area contributed by atoms with E-state index >= 15 is 0 Å². The standard InChI is InChI=1S/C28H38N6O4S2/c1-17(2)38-27(35)31-20-10-8-19(9-11-20)26-29-16-23(39-26)22-13-12-21(30-25-14-7-18(3)32-33-25)15-24(22)40(36,37)34-28(4,5)6/h7,12-17,19-20,34H,8-11H2,1-6H3,(H,30,33)(H,31,35). The first-order valence-electron chi connectivity index (χ1n) is 13.5. The Kier molecular flexibility index (Phi) is 9.11. The molecule has 1 amide bonds. The number of alkyl carbamates (subject to hydrolysis) is 1. The third kappa shape index (κ3) is 7.98. The van der Waals surface area contributed by atoms with Crippen LogP contribution in [0.25, 0.3) is 10.4 Å². The number of anilines is 2. The first-order chi connectivity index (χ1) is 18.8. The first-order valence-corrected chi connectivity index (χ1v) is 15.8. The van der Waals surface area contributed by atoms with Gasteiger partial charge in [0.1, 0.15) is 0 Å². The minimum atomic E-state index is -3.86. The summed E-state index contributed by atoms with van der Waals surface area (Å²) in [5.74, 6) is 0.778. The zero-order valence-corrected chi connectivity index (χ0v) is 25.4. The van der Waals surface area contributed by atoms with Crippen molar-refractivity contribution in [2.75, 3.05) is 5.32 Å². The molecular weight excluding hydrogens is 548 g/mol. The molecule has 0 saturated heterocycles. The van der Waals surface area contributed by atoms with E-state index < -0.39 is 15.6 Å². The van der Waals surface area contributed by atoms with Crippen molar-refractivity contribution in [3.05, 3.63) is 47.2 Å². The number of aromatic nitrogens is 3. The van der Waals surface area contributed by atoms with Crippen LogP contribution in [0.15, 0.2) is 41.4 Å². The van der Waals surface area contributed by atoms with Crippen LogP contribution >= 0.6 is 11.3 Å². The van der Waals surface area contributed by atoms with Crippen molar-refractivity contribution in [2.45, 2.75) is 95.7 Å². The Bertz CT molecular complexity index is 1420. The van der Waals surface area contributed by atoms with Crippen LogP contribution in [-0.4, -0.2) is 47.4 Å². The molecule has 1 aliphatic rings. The Morgan fingerprint density at radius 2 is 1.80 bits per heavy atom. The lowest BCUT2D eigenvalue weighted by Crippen LogP contribution is -2.40. The van der Waals surface area contributed by atoms with E-state index in [1.807, 2.05) is 53.7 Å². The van der Waals surface area contributed by atoms with Crippen LogP contribution in [0.2, 0.25) is 0 Å². The molecule has 10 nitrogen and oxygen atoms in total. The highest BCUT2D eigenvalue weighted by Crippen LogP contribution is 2.40. The number of sulfonamides is 1. The zero-order valence-electron chi connectivity index (χ0n) is 23.8. The van der Waals surface area contributed by atoms with Gasteiger partial charge in [-0.2, -0.15) is 5.10 Å². The van der Waals surface area contributed by atoms with E-state index in [4.69, 9.17) is 9.72 Å². The van der Waals surface area contributed by atoms with E-state index in [1.165, 1.54) is 11.3 Å². The second-order valence-corrected chi connectivity index (χ2v) is 14.2. The number of nitrogens with zero attached hydrogens (tertiary/aromatic N) is 3. The number of ether oxygens (including phenoxy) is 1. The van der Waals surface area contributed by atoms with Gasteiger partial charge in [0.25, 0.3) is 0 Å². The third-order valence-corrected chi connectivity index (χ3v) is 9.30. The second-order valence-electron chi connectivity index (χ2n) is 11.5. The van der Waals surface area contributed by atoms with Crippen LogP contribution in [-0.2, 0) is 14.8 Å². The quantitative estimate of drug-likeness (QED) is 0.297. The van der Waals surface area contributed by atoms with Gasteiger partial charge in [-0.25, -0.2) is 22.9 Å². The van der Waals surface area contributed by atoms with Crippen molar-refractivity contribution in [1.82, 2.24) is 25.2 Å². The van der Waals surface area contributed by atoms with Crippen molar-refractivity contribution in [2.24, 2.45) is 0 Å². The molecule has 0 bridgehead atoms. The number of amides is 1. The summed E-state index contributed by atoms with van der Waals surface area (Å²) in [4.78, 5) is 17.6. The predicted octanol–water partition coefficient (Wildman–Crippen LogP) is 5.89. The van der Waals surface area contributed by atoms with E-state index in [-0.39, 0.29) is 29.1 Å². The maximum atomic E-state index is 13.6. The van der Waals surface area contributed by atoms with Crippen LogP contribution in [0.4, 0.5) is 16.3 Å². The number of aryl methyl sites for hydroxylation is 1. The molecule has 3 aromatic rings. The van der Waals surface area contributed by atoms with Gasteiger partial charge >= 0.3 is 6.09 Å². The molecule has 4 rings (SSSR count). The monoisotopic (exact) mass is 586 g/mol. The van der Waals surface area contributed by atoms with Gasteiger partial charge in [0.2, 0.25) is 10.0 Å². The van der Waals surface area contributed by atoms with Gasteiger partial charge in [-0.15, -0.1) is 16.4 Å². The Morgan fingerprint density at radius 3 is 2.42 bits per heavy atom. The van der Waals surface area contributed by atoms with Crippen molar-refractivity contribution < 1.29 is 17.9 Å². The fourth-order valence-corrected chi connectivity index (χ4v) is 7.45. The molecule has 1 fully saturated rings. The molecule has 3 N–H and O–H groups in total. The number of hydrogen-bond donors (Lipinski definition) is 3. The summed E-state index contributed by atoms with van der Waals surface area (Å²) in [5.41, 5.74) is 1.31. The van der Waals surface area contributed by atoms with Gasteiger partial charge in [-0.1, -0.05) is 6.07 Å². The zero-order chi connectivity index (χ0) is 29.1. The number of carbonyl (C=O) groups is 1. The molecule has 2 aromatic heterocycles. The normalized spacial score (nSPS) is 18.0. The van der Waals surface area contributed by atoms with Crippen molar-refractivity contribution in [3.8, 4) is 10.4 Å². The SMILES string of the molecule is Cc1ccc(Nc2ccc(-c3cnc(C4CCC(NC(=O)OC(C)C)CC4)s3)c(S(=O)(=O)NC(C)(C)C)c2)nn1. The highest BCUT2D eigenvalue weighted by atomic mass is 32.2. The Labute approximate surface area is 240 Å². The predicted molar refractivity (Wildman–Crippen MR) is 157 cm³/mol. The molecule has 40 heavy (non-hydrogen) atoms. The third-order valence-electron chi connectivity index (χ3n) is 6.31. The number of benzene rings is 1. The number of nitrogens with one attached hydrogen (secondary N) is 3. The minimum Gasteiger partial charge on any atom is -0.447 e. The van der Waals surface area contributed by atoms with Gasteiger partial charge < -0.3 is 15.4 Å². The van der Waals surface area contributed by atoms with Crippen molar-refractivity contribution in [1.29, 1.82) is 0 Å². The van der Waals surface area contributed by atoms with E-state index in [9.17, 15) is 13.2 Å². The lowest BCUT2D eigenvalue weighted by atomic mass is 9.86. The minimum absolute atomic E-state index is 0.0837.